The van der Waals surface area contributed by atoms with Gasteiger partial charge in [-0.1, -0.05) is 17.7 Å². The van der Waals surface area contributed by atoms with Gasteiger partial charge in [0.15, 0.2) is 0 Å². The number of anilines is 1. The van der Waals surface area contributed by atoms with E-state index in [4.69, 9.17) is 11.6 Å². The van der Waals surface area contributed by atoms with Crippen molar-refractivity contribution in [2.45, 2.75) is 0 Å². The summed E-state index contributed by atoms with van der Waals surface area (Å²) in [5.41, 5.74) is 3.60. The molecule has 0 bridgehead atoms. The second-order valence-electron chi connectivity index (χ2n) is 4.17. The predicted octanol–water partition coefficient (Wildman–Crippen LogP) is 4.73. The minimum atomic E-state index is -0.490. The van der Waals surface area contributed by atoms with Crippen molar-refractivity contribution in [3.63, 3.8) is 0 Å². The molecule has 0 saturated carbocycles. The molecule has 2 amide bonds. The van der Waals surface area contributed by atoms with Crippen LogP contribution in [0.1, 0.15) is 5.56 Å². The molecule has 0 unspecified atom stereocenters. The number of hydrogen-bond donors (Lipinski definition) is 3. The molecule has 22 heavy (non-hydrogen) atoms. The Morgan fingerprint density at radius 2 is 1.91 bits per heavy atom. The van der Waals surface area contributed by atoms with E-state index in [1.165, 1.54) is 6.21 Å². The van der Waals surface area contributed by atoms with Crippen LogP contribution in [-0.4, -0.2) is 17.4 Å². The fraction of sp³-hybridized carbons (Fsp3) is 0. The fourth-order valence-corrected chi connectivity index (χ4v) is 2.96. The van der Waals surface area contributed by atoms with Crippen molar-refractivity contribution in [1.82, 2.24) is 5.43 Å². The molecule has 114 valence electrons. The van der Waals surface area contributed by atoms with Gasteiger partial charge in [-0.3, -0.25) is 0 Å². The smallest absolute Gasteiger partial charge is 0.339 e. The standard InChI is InChI=1S/C14H10Br2ClN3O2/c15-11-4-8(5-12(16)13(11)21)7-18-20-14(22)19-10-3-1-2-9(17)6-10/h1-7,21H,(H2,19,20,22)/b18-7-. The molecule has 8 heteroatoms. The Bertz CT molecular complexity index is 715. The summed E-state index contributed by atoms with van der Waals surface area (Å²) in [5, 5.41) is 16.6. The van der Waals surface area contributed by atoms with Crippen molar-refractivity contribution < 1.29 is 9.90 Å². The number of halogens is 3. The van der Waals surface area contributed by atoms with Crippen LogP contribution < -0.4 is 10.7 Å². The summed E-state index contributed by atoms with van der Waals surface area (Å²) < 4.78 is 1.04. The van der Waals surface area contributed by atoms with Crippen molar-refractivity contribution in [3.05, 3.63) is 55.9 Å². The highest BCUT2D eigenvalue weighted by Crippen LogP contribution is 2.32. The van der Waals surface area contributed by atoms with E-state index in [9.17, 15) is 9.90 Å². The fourth-order valence-electron chi connectivity index (χ4n) is 1.55. The third-order valence-electron chi connectivity index (χ3n) is 2.50. The van der Waals surface area contributed by atoms with Gasteiger partial charge in [0.1, 0.15) is 5.75 Å². The van der Waals surface area contributed by atoms with Gasteiger partial charge in [-0.05, 0) is 67.8 Å². The number of amides is 2. The maximum absolute atomic E-state index is 11.7. The monoisotopic (exact) mass is 445 g/mol. The molecule has 2 aromatic rings. The predicted molar refractivity (Wildman–Crippen MR) is 94.7 cm³/mol. The number of carbonyl (C=O) groups excluding carboxylic acids is 1. The van der Waals surface area contributed by atoms with E-state index in [0.29, 0.717) is 25.2 Å². The van der Waals surface area contributed by atoms with Crippen LogP contribution in [0.2, 0.25) is 5.02 Å². The zero-order valence-corrected chi connectivity index (χ0v) is 14.9. The van der Waals surface area contributed by atoms with Crippen LogP contribution in [0.5, 0.6) is 5.75 Å². The number of nitrogens with one attached hydrogen (secondary N) is 2. The molecule has 0 aliphatic rings. The summed E-state index contributed by atoms with van der Waals surface area (Å²) in [6.07, 6.45) is 1.45. The van der Waals surface area contributed by atoms with Crippen LogP contribution in [0, 0.1) is 0 Å². The van der Waals surface area contributed by atoms with Crippen molar-refractivity contribution >= 4 is 61.4 Å². The topological polar surface area (TPSA) is 73.7 Å². The maximum Gasteiger partial charge on any atom is 0.339 e. The number of hydrazone groups is 1. The first-order valence-electron chi connectivity index (χ1n) is 5.99. The van der Waals surface area contributed by atoms with Gasteiger partial charge in [0.05, 0.1) is 15.2 Å². The van der Waals surface area contributed by atoms with E-state index in [1.54, 1.807) is 36.4 Å². The zero-order chi connectivity index (χ0) is 16.1. The molecular formula is C14H10Br2ClN3O2. The van der Waals surface area contributed by atoms with E-state index in [-0.39, 0.29) is 5.75 Å². The van der Waals surface area contributed by atoms with Gasteiger partial charge >= 0.3 is 6.03 Å². The molecule has 0 saturated heterocycles. The van der Waals surface area contributed by atoms with Crippen molar-refractivity contribution in [2.75, 3.05) is 5.32 Å². The molecule has 0 fully saturated rings. The van der Waals surface area contributed by atoms with Crippen LogP contribution in [-0.2, 0) is 0 Å². The lowest BCUT2D eigenvalue weighted by molar-refractivity contribution is 0.252. The first-order valence-corrected chi connectivity index (χ1v) is 7.96. The van der Waals surface area contributed by atoms with E-state index >= 15 is 0 Å². The number of hydrogen-bond acceptors (Lipinski definition) is 3. The second-order valence-corrected chi connectivity index (χ2v) is 6.31. The molecule has 0 spiro atoms. The van der Waals surface area contributed by atoms with Gasteiger partial charge in [0, 0.05) is 10.7 Å². The molecule has 0 aromatic heterocycles. The van der Waals surface area contributed by atoms with Gasteiger partial charge in [0.2, 0.25) is 0 Å². The Balaban J connectivity index is 1.96. The average Bonchev–Trinajstić information content (AvgIpc) is 2.44. The number of aromatic hydroxyl groups is 1. The lowest BCUT2D eigenvalue weighted by Crippen LogP contribution is -2.24. The normalized spacial score (nSPS) is 10.7. The Kier molecular flexibility index (Phi) is 5.82. The second kappa shape index (κ2) is 7.62. The number of phenolic OH excluding ortho intramolecular Hbond substituents is 1. The summed E-state index contributed by atoms with van der Waals surface area (Å²) in [6, 6.07) is 9.62. The van der Waals surface area contributed by atoms with Gasteiger partial charge in [-0.2, -0.15) is 5.10 Å². The minimum Gasteiger partial charge on any atom is -0.506 e. The Morgan fingerprint density at radius 3 is 2.55 bits per heavy atom. The van der Waals surface area contributed by atoms with Gasteiger partial charge < -0.3 is 10.4 Å². The molecule has 0 atom stereocenters. The molecule has 0 heterocycles. The lowest BCUT2D eigenvalue weighted by Gasteiger charge is -2.04. The quantitative estimate of drug-likeness (QED) is 0.470. The average molecular weight is 448 g/mol. The largest absolute Gasteiger partial charge is 0.506 e. The summed E-state index contributed by atoms with van der Waals surface area (Å²) in [6.45, 7) is 0. The SMILES string of the molecule is O=C(N/N=C\c1cc(Br)c(O)c(Br)c1)Nc1cccc(Cl)c1. The molecule has 2 aromatic carbocycles. The Morgan fingerprint density at radius 1 is 1.23 bits per heavy atom. The van der Waals surface area contributed by atoms with Crippen LogP contribution in [0.25, 0.3) is 0 Å². The first kappa shape index (κ1) is 16.8. The third kappa shape index (κ3) is 4.72. The summed E-state index contributed by atoms with van der Waals surface area (Å²) in [7, 11) is 0. The van der Waals surface area contributed by atoms with E-state index < -0.39 is 6.03 Å². The lowest BCUT2D eigenvalue weighted by atomic mass is 10.2. The van der Waals surface area contributed by atoms with Crippen molar-refractivity contribution in [1.29, 1.82) is 0 Å². The molecule has 0 radical (unpaired) electrons. The molecule has 3 N–H and O–H groups in total. The molecular weight excluding hydrogens is 437 g/mol. The van der Waals surface area contributed by atoms with Crippen LogP contribution in [0.15, 0.2) is 50.4 Å². The van der Waals surface area contributed by atoms with Crippen LogP contribution in [0.4, 0.5) is 10.5 Å². The number of urea groups is 1. The summed E-state index contributed by atoms with van der Waals surface area (Å²) in [4.78, 5) is 11.7. The van der Waals surface area contributed by atoms with E-state index in [2.05, 4.69) is 47.7 Å². The third-order valence-corrected chi connectivity index (χ3v) is 3.95. The molecule has 0 aliphatic carbocycles. The first-order chi connectivity index (χ1) is 10.5. The van der Waals surface area contributed by atoms with Gasteiger partial charge in [-0.25, -0.2) is 10.2 Å². The minimum absolute atomic E-state index is 0.101. The molecule has 0 aliphatic heterocycles. The summed E-state index contributed by atoms with van der Waals surface area (Å²) >= 11 is 12.3. The van der Waals surface area contributed by atoms with Gasteiger partial charge in [0.25, 0.3) is 0 Å². The number of carbonyl (C=O) groups is 1. The van der Waals surface area contributed by atoms with Crippen LogP contribution >= 0.6 is 43.5 Å². The van der Waals surface area contributed by atoms with Crippen molar-refractivity contribution in [3.8, 4) is 5.75 Å². The zero-order valence-electron chi connectivity index (χ0n) is 11.0. The number of nitrogens with zero attached hydrogens (tertiary/aromatic N) is 1. The number of rotatable bonds is 3. The van der Waals surface area contributed by atoms with E-state index in [0.717, 1.165) is 0 Å². The van der Waals surface area contributed by atoms with Crippen LogP contribution in [0.3, 0.4) is 0 Å². The number of benzene rings is 2. The highest BCUT2D eigenvalue weighted by atomic mass is 79.9. The van der Waals surface area contributed by atoms with Gasteiger partial charge in [-0.15, -0.1) is 0 Å². The highest BCUT2D eigenvalue weighted by Gasteiger charge is 2.05. The molecule has 5 nitrogen and oxygen atoms in total. The Labute approximate surface area is 148 Å². The van der Waals surface area contributed by atoms with Crippen molar-refractivity contribution in [2.24, 2.45) is 5.10 Å². The highest BCUT2D eigenvalue weighted by molar-refractivity contribution is 9.11. The number of phenols is 1. The van der Waals surface area contributed by atoms with E-state index in [1.807, 2.05) is 0 Å². The maximum atomic E-state index is 11.7. The Hall–Kier alpha value is -1.57. The summed E-state index contributed by atoms with van der Waals surface area (Å²) in [5.74, 6) is 0.101. The molecule has 2 rings (SSSR count).